The maximum Gasteiger partial charge on any atom is 0.228 e. The molecule has 0 fully saturated rings. The number of aromatic nitrogens is 2. The van der Waals surface area contributed by atoms with Crippen LogP contribution in [-0.4, -0.2) is 9.97 Å². The minimum absolute atomic E-state index is 0.519. The van der Waals surface area contributed by atoms with E-state index in [0.717, 1.165) is 33.4 Å². The van der Waals surface area contributed by atoms with Crippen molar-refractivity contribution in [2.24, 2.45) is 0 Å². The fourth-order valence-electron chi connectivity index (χ4n) is 3.10. The Morgan fingerprint density at radius 3 is 2.33 bits per heavy atom. The first kappa shape index (κ1) is 15.9. The minimum atomic E-state index is 0.519. The SMILES string of the molecule is Clc1ccc(-c2nc(Nc3ccccc3)nc3c2oc2ccccc23)cc1. The fraction of sp³-hybridized carbons (Fsp3) is 0. The van der Waals surface area contributed by atoms with Gasteiger partial charge in [-0.3, -0.25) is 0 Å². The Morgan fingerprint density at radius 1 is 0.778 bits per heavy atom. The highest BCUT2D eigenvalue weighted by molar-refractivity contribution is 6.30. The average molecular weight is 372 g/mol. The molecule has 2 heterocycles. The third-order valence-electron chi connectivity index (χ3n) is 4.37. The van der Waals surface area contributed by atoms with Crippen LogP contribution >= 0.6 is 11.6 Å². The van der Waals surface area contributed by atoms with E-state index in [1.807, 2.05) is 78.9 Å². The summed E-state index contributed by atoms with van der Waals surface area (Å²) in [7, 11) is 0. The van der Waals surface area contributed by atoms with E-state index in [-0.39, 0.29) is 0 Å². The maximum atomic E-state index is 6.09. The van der Waals surface area contributed by atoms with Gasteiger partial charge in [-0.2, -0.15) is 0 Å². The topological polar surface area (TPSA) is 51.0 Å². The first-order chi connectivity index (χ1) is 13.3. The summed E-state index contributed by atoms with van der Waals surface area (Å²) in [5, 5.41) is 4.92. The molecule has 4 nitrogen and oxygen atoms in total. The number of anilines is 2. The van der Waals surface area contributed by atoms with Crippen molar-refractivity contribution in [3.8, 4) is 11.3 Å². The van der Waals surface area contributed by atoms with E-state index in [1.165, 1.54) is 0 Å². The van der Waals surface area contributed by atoms with Crippen LogP contribution in [0.5, 0.6) is 0 Å². The lowest BCUT2D eigenvalue weighted by Gasteiger charge is -2.08. The zero-order valence-corrected chi connectivity index (χ0v) is 14.9. The van der Waals surface area contributed by atoms with E-state index in [2.05, 4.69) is 5.32 Å². The quantitative estimate of drug-likeness (QED) is 0.396. The minimum Gasteiger partial charge on any atom is -0.452 e. The highest BCUT2D eigenvalue weighted by Crippen LogP contribution is 2.35. The Balaban J connectivity index is 1.76. The van der Waals surface area contributed by atoms with Crippen LogP contribution in [-0.2, 0) is 0 Å². The molecule has 3 aromatic carbocycles. The highest BCUT2D eigenvalue weighted by Gasteiger charge is 2.17. The van der Waals surface area contributed by atoms with Gasteiger partial charge in [0, 0.05) is 21.7 Å². The van der Waals surface area contributed by atoms with Crippen LogP contribution in [0.3, 0.4) is 0 Å². The van der Waals surface area contributed by atoms with Crippen LogP contribution in [0.15, 0.2) is 83.3 Å². The second-order valence-electron chi connectivity index (χ2n) is 6.17. The molecule has 0 aliphatic carbocycles. The van der Waals surface area contributed by atoms with Crippen molar-refractivity contribution in [2.75, 3.05) is 5.32 Å². The summed E-state index contributed by atoms with van der Waals surface area (Å²) < 4.78 is 6.09. The lowest BCUT2D eigenvalue weighted by atomic mass is 10.1. The van der Waals surface area contributed by atoms with Crippen LogP contribution in [0.2, 0.25) is 5.02 Å². The smallest absolute Gasteiger partial charge is 0.228 e. The van der Waals surface area contributed by atoms with Crippen molar-refractivity contribution in [3.63, 3.8) is 0 Å². The van der Waals surface area contributed by atoms with Gasteiger partial charge in [-0.1, -0.05) is 54.1 Å². The van der Waals surface area contributed by atoms with Crippen LogP contribution in [0.4, 0.5) is 11.6 Å². The molecule has 0 unspecified atom stereocenters. The van der Waals surface area contributed by atoms with Gasteiger partial charge >= 0.3 is 0 Å². The summed E-state index contributed by atoms with van der Waals surface area (Å²) >= 11 is 6.05. The molecule has 0 aliphatic heterocycles. The first-order valence-corrected chi connectivity index (χ1v) is 8.93. The molecule has 0 atom stereocenters. The van der Waals surface area contributed by atoms with E-state index in [9.17, 15) is 0 Å². The van der Waals surface area contributed by atoms with Gasteiger partial charge in [0.1, 0.15) is 16.8 Å². The second kappa shape index (κ2) is 6.41. The summed E-state index contributed by atoms with van der Waals surface area (Å²) in [4.78, 5) is 9.45. The summed E-state index contributed by atoms with van der Waals surface area (Å²) in [6, 6.07) is 25.3. The Labute approximate surface area is 160 Å². The highest BCUT2D eigenvalue weighted by atomic mass is 35.5. The van der Waals surface area contributed by atoms with Crippen molar-refractivity contribution in [1.29, 1.82) is 0 Å². The predicted molar refractivity (Wildman–Crippen MR) is 109 cm³/mol. The third kappa shape index (κ3) is 2.90. The number of benzene rings is 3. The average Bonchev–Trinajstić information content (AvgIpc) is 3.08. The summed E-state index contributed by atoms with van der Waals surface area (Å²) in [6.45, 7) is 0. The Bertz CT molecular complexity index is 1250. The van der Waals surface area contributed by atoms with Crippen LogP contribution in [0.1, 0.15) is 0 Å². The van der Waals surface area contributed by atoms with Crippen molar-refractivity contribution in [2.45, 2.75) is 0 Å². The van der Waals surface area contributed by atoms with Gasteiger partial charge in [0.25, 0.3) is 0 Å². The number of rotatable bonds is 3. The molecule has 0 radical (unpaired) electrons. The molecule has 0 saturated carbocycles. The lowest BCUT2D eigenvalue weighted by Crippen LogP contribution is -1.99. The number of para-hydroxylation sites is 2. The number of nitrogens with zero attached hydrogens (tertiary/aromatic N) is 2. The standard InChI is InChI=1S/C22H14ClN3O/c23-15-12-10-14(11-13-15)19-21-20(17-8-4-5-9-18(17)27-21)26-22(25-19)24-16-6-2-1-3-7-16/h1-13H,(H,24,25,26). The van der Waals surface area contributed by atoms with Crippen molar-refractivity contribution < 1.29 is 4.42 Å². The number of nitrogens with one attached hydrogen (secondary N) is 1. The summed E-state index contributed by atoms with van der Waals surface area (Å²) in [5.41, 5.74) is 4.80. The Kier molecular flexibility index (Phi) is 3.77. The molecule has 27 heavy (non-hydrogen) atoms. The van der Waals surface area contributed by atoms with Gasteiger partial charge in [-0.25, -0.2) is 9.97 Å². The van der Waals surface area contributed by atoms with Crippen LogP contribution in [0, 0.1) is 0 Å². The normalized spacial score (nSPS) is 11.1. The molecule has 1 N–H and O–H groups in total. The van der Waals surface area contributed by atoms with Gasteiger partial charge in [-0.05, 0) is 36.4 Å². The van der Waals surface area contributed by atoms with Crippen LogP contribution < -0.4 is 5.32 Å². The van der Waals surface area contributed by atoms with Gasteiger partial charge in [0.2, 0.25) is 5.95 Å². The fourth-order valence-corrected chi connectivity index (χ4v) is 3.23. The summed E-state index contributed by atoms with van der Waals surface area (Å²) in [6.07, 6.45) is 0. The van der Waals surface area contributed by atoms with Gasteiger partial charge in [-0.15, -0.1) is 0 Å². The second-order valence-corrected chi connectivity index (χ2v) is 6.61. The molecule has 0 amide bonds. The molecule has 0 spiro atoms. The van der Waals surface area contributed by atoms with Crippen molar-refractivity contribution in [3.05, 3.63) is 83.9 Å². The monoisotopic (exact) mass is 371 g/mol. The number of hydrogen-bond acceptors (Lipinski definition) is 4. The molecule has 2 aromatic heterocycles. The van der Waals surface area contributed by atoms with Crippen molar-refractivity contribution >= 4 is 45.3 Å². The molecule has 0 aliphatic rings. The number of hydrogen-bond donors (Lipinski definition) is 1. The largest absolute Gasteiger partial charge is 0.452 e. The predicted octanol–water partition coefficient (Wildman–Crippen LogP) is 6.44. The van der Waals surface area contributed by atoms with E-state index >= 15 is 0 Å². The van der Waals surface area contributed by atoms with E-state index in [4.69, 9.17) is 26.0 Å². The molecule has 5 heteroatoms. The first-order valence-electron chi connectivity index (χ1n) is 8.55. The molecular weight excluding hydrogens is 358 g/mol. The molecule has 130 valence electrons. The zero-order chi connectivity index (χ0) is 18.2. The van der Waals surface area contributed by atoms with Crippen LogP contribution in [0.25, 0.3) is 33.3 Å². The molecule has 0 saturated heterocycles. The maximum absolute atomic E-state index is 6.09. The van der Waals surface area contributed by atoms with Crippen molar-refractivity contribution in [1.82, 2.24) is 9.97 Å². The Hall–Kier alpha value is -3.37. The van der Waals surface area contributed by atoms with Gasteiger partial charge < -0.3 is 9.73 Å². The van der Waals surface area contributed by atoms with E-state index in [0.29, 0.717) is 16.6 Å². The zero-order valence-electron chi connectivity index (χ0n) is 14.2. The van der Waals surface area contributed by atoms with E-state index in [1.54, 1.807) is 0 Å². The molecule has 5 rings (SSSR count). The van der Waals surface area contributed by atoms with Gasteiger partial charge in [0.05, 0.1) is 0 Å². The third-order valence-corrected chi connectivity index (χ3v) is 4.62. The number of fused-ring (bicyclic) bond motifs is 3. The summed E-state index contributed by atoms with van der Waals surface area (Å²) in [5.74, 6) is 0.519. The van der Waals surface area contributed by atoms with Gasteiger partial charge in [0.15, 0.2) is 5.58 Å². The molecule has 5 aromatic rings. The van der Waals surface area contributed by atoms with E-state index < -0.39 is 0 Å². The lowest BCUT2D eigenvalue weighted by molar-refractivity contribution is 0.667. The molecule has 0 bridgehead atoms. The number of furan rings is 1. The Morgan fingerprint density at radius 2 is 1.52 bits per heavy atom. The molecular formula is C22H14ClN3O. The number of halogens is 1.